The van der Waals surface area contributed by atoms with Gasteiger partial charge in [-0.3, -0.25) is 4.79 Å². The normalized spacial score (nSPS) is 10.8. The van der Waals surface area contributed by atoms with Gasteiger partial charge in [-0.1, -0.05) is 38.1 Å². The topological polar surface area (TPSA) is 50.4 Å². The van der Waals surface area contributed by atoms with E-state index in [0.717, 1.165) is 36.7 Å². The van der Waals surface area contributed by atoms with E-state index in [0.29, 0.717) is 12.2 Å². The van der Waals surface area contributed by atoms with E-state index in [1.165, 1.54) is 12.0 Å². The number of ether oxygens (including phenoxy) is 1. The number of hydrogen-bond acceptors (Lipinski definition) is 3. The SMILES string of the molecule is CNC(=O)c1ccc(CCOc2ccc(CNCCC(C)C)cc2)cc1. The minimum Gasteiger partial charge on any atom is -0.493 e. The number of hydrogen-bond donors (Lipinski definition) is 2. The van der Waals surface area contributed by atoms with Crippen LogP contribution in [0.15, 0.2) is 48.5 Å². The Morgan fingerprint density at radius 3 is 2.27 bits per heavy atom. The average molecular weight is 354 g/mol. The van der Waals surface area contributed by atoms with Crippen LogP contribution in [-0.2, 0) is 13.0 Å². The zero-order valence-electron chi connectivity index (χ0n) is 16.0. The lowest BCUT2D eigenvalue weighted by atomic mass is 10.1. The molecule has 1 amide bonds. The van der Waals surface area contributed by atoms with E-state index in [9.17, 15) is 4.79 Å². The van der Waals surface area contributed by atoms with Gasteiger partial charge in [-0.25, -0.2) is 0 Å². The first-order valence-electron chi connectivity index (χ1n) is 9.32. The highest BCUT2D eigenvalue weighted by Crippen LogP contribution is 2.13. The Bertz CT molecular complexity index is 664. The van der Waals surface area contributed by atoms with E-state index >= 15 is 0 Å². The summed E-state index contributed by atoms with van der Waals surface area (Å²) in [4.78, 5) is 11.5. The van der Waals surface area contributed by atoms with Crippen molar-refractivity contribution < 1.29 is 9.53 Å². The first-order valence-corrected chi connectivity index (χ1v) is 9.32. The predicted molar refractivity (Wildman–Crippen MR) is 107 cm³/mol. The van der Waals surface area contributed by atoms with Gasteiger partial charge in [0.05, 0.1) is 6.61 Å². The molecule has 2 aromatic carbocycles. The largest absolute Gasteiger partial charge is 0.493 e. The molecule has 2 aromatic rings. The number of carbonyl (C=O) groups excluding carboxylic acids is 1. The third-order valence-corrected chi connectivity index (χ3v) is 4.25. The quantitative estimate of drug-likeness (QED) is 0.638. The summed E-state index contributed by atoms with van der Waals surface area (Å²) in [6.07, 6.45) is 2.01. The molecule has 0 unspecified atom stereocenters. The van der Waals surface area contributed by atoms with Crippen LogP contribution in [0.4, 0.5) is 0 Å². The highest BCUT2D eigenvalue weighted by Gasteiger charge is 2.03. The maximum atomic E-state index is 11.5. The summed E-state index contributed by atoms with van der Waals surface area (Å²) in [6, 6.07) is 15.9. The molecule has 0 saturated heterocycles. The highest BCUT2D eigenvalue weighted by atomic mass is 16.5. The van der Waals surface area contributed by atoms with Gasteiger partial charge in [-0.15, -0.1) is 0 Å². The predicted octanol–water partition coefficient (Wildman–Crippen LogP) is 3.80. The third-order valence-electron chi connectivity index (χ3n) is 4.25. The van der Waals surface area contributed by atoms with Crippen molar-refractivity contribution in [3.63, 3.8) is 0 Å². The molecule has 2 N–H and O–H groups in total. The van der Waals surface area contributed by atoms with Gasteiger partial charge in [-0.05, 0) is 54.3 Å². The Hall–Kier alpha value is -2.33. The second-order valence-electron chi connectivity index (χ2n) is 6.88. The lowest BCUT2D eigenvalue weighted by molar-refractivity contribution is 0.0963. The van der Waals surface area contributed by atoms with Gasteiger partial charge in [0.2, 0.25) is 0 Å². The van der Waals surface area contributed by atoms with E-state index in [4.69, 9.17) is 4.74 Å². The Morgan fingerprint density at radius 1 is 1.00 bits per heavy atom. The molecule has 0 radical (unpaired) electrons. The molecular formula is C22H30N2O2. The maximum absolute atomic E-state index is 11.5. The first kappa shape index (κ1) is 20.0. The fourth-order valence-corrected chi connectivity index (χ4v) is 2.58. The second kappa shape index (κ2) is 10.6. The van der Waals surface area contributed by atoms with Crippen molar-refractivity contribution in [2.75, 3.05) is 20.2 Å². The summed E-state index contributed by atoms with van der Waals surface area (Å²) < 4.78 is 5.82. The van der Waals surface area contributed by atoms with Crippen LogP contribution in [0.25, 0.3) is 0 Å². The molecule has 140 valence electrons. The molecule has 0 atom stereocenters. The molecule has 0 bridgehead atoms. The van der Waals surface area contributed by atoms with Crippen LogP contribution in [0.3, 0.4) is 0 Å². The van der Waals surface area contributed by atoms with Crippen LogP contribution in [0.2, 0.25) is 0 Å². The van der Waals surface area contributed by atoms with E-state index in [1.807, 2.05) is 36.4 Å². The van der Waals surface area contributed by atoms with Gasteiger partial charge in [0.15, 0.2) is 0 Å². The lowest BCUT2D eigenvalue weighted by Crippen LogP contribution is -2.17. The number of rotatable bonds is 10. The Balaban J connectivity index is 1.71. The van der Waals surface area contributed by atoms with E-state index < -0.39 is 0 Å². The summed E-state index contributed by atoms with van der Waals surface area (Å²) >= 11 is 0. The molecule has 0 aliphatic rings. The Kier molecular flexibility index (Phi) is 8.16. The summed E-state index contributed by atoms with van der Waals surface area (Å²) in [7, 11) is 1.64. The zero-order chi connectivity index (χ0) is 18.8. The second-order valence-corrected chi connectivity index (χ2v) is 6.88. The van der Waals surface area contributed by atoms with Crippen molar-refractivity contribution in [1.82, 2.24) is 10.6 Å². The van der Waals surface area contributed by atoms with Crippen molar-refractivity contribution in [2.45, 2.75) is 33.2 Å². The number of carbonyl (C=O) groups is 1. The monoisotopic (exact) mass is 354 g/mol. The molecule has 0 saturated carbocycles. The summed E-state index contributed by atoms with van der Waals surface area (Å²) in [5.74, 6) is 1.56. The number of benzene rings is 2. The molecule has 0 spiro atoms. The van der Waals surface area contributed by atoms with Crippen molar-refractivity contribution in [1.29, 1.82) is 0 Å². The molecular weight excluding hydrogens is 324 g/mol. The smallest absolute Gasteiger partial charge is 0.251 e. The van der Waals surface area contributed by atoms with Gasteiger partial charge in [0, 0.05) is 25.6 Å². The molecule has 0 fully saturated rings. The lowest BCUT2D eigenvalue weighted by Gasteiger charge is -2.09. The number of amides is 1. The van der Waals surface area contributed by atoms with Gasteiger partial charge in [0.1, 0.15) is 5.75 Å². The molecule has 0 aliphatic heterocycles. The highest BCUT2D eigenvalue weighted by molar-refractivity contribution is 5.93. The minimum absolute atomic E-state index is 0.0633. The average Bonchev–Trinajstić information content (AvgIpc) is 2.66. The first-order chi connectivity index (χ1) is 12.6. The van der Waals surface area contributed by atoms with E-state index in [-0.39, 0.29) is 5.91 Å². The Labute approximate surface area is 157 Å². The molecule has 2 rings (SSSR count). The van der Waals surface area contributed by atoms with Gasteiger partial charge in [-0.2, -0.15) is 0 Å². The van der Waals surface area contributed by atoms with Crippen LogP contribution >= 0.6 is 0 Å². The van der Waals surface area contributed by atoms with E-state index in [2.05, 4.69) is 36.6 Å². The molecule has 0 aromatic heterocycles. The fraction of sp³-hybridized carbons (Fsp3) is 0.409. The van der Waals surface area contributed by atoms with Crippen LogP contribution in [-0.4, -0.2) is 26.1 Å². The standard InChI is InChI=1S/C22H30N2O2/c1-17(2)12-14-24-16-19-6-10-21(11-7-19)26-15-13-18-4-8-20(9-5-18)22(25)23-3/h4-11,17,24H,12-16H2,1-3H3,(H,23,25). The van der Waals surface area contributed by atoms with Crippen LogP contribution in [0, 0.1) is 5.92 Å². The van der Waals surface area contributed by atoms with E-state index in [1.54, 1.807) is 7.05 Å². The molecule has 4 heteroatoms. The minimum atomic E-state index is -0.0633. The maximum Gasteiger partial charge on any atom is 0.251 e. The van der Waals surface area contributed by atoms with Gasteiger partial charge >= 0.3 is 0 Å². The molecule has 4 nitrogen and oxygen atoms in total. The number of nitrogens with one attached hydrogen (secondary N) is 2. The zero-order valence-corrected chi connectivity index (χ0v) is 16.0. The summed E-state index contributed by atoms with van der Waals surface area (Å²) in [5.41, 5.74) is 3.10. The molecule has 26 heavy (non-hydrogen) atoms. The van der Waals surface area contributed by atoms with Crippen molar-refractivity contribution in [2.24, 2.45) is 5.92 Å². The van der Waals surface area contributed by atoms with Gasteiger partial charge in [0.25, 0.3) is 5.91 Å². The van der Waals surface area contributed by atoms with Crippen molar-refractivity contribution >= 4 is 5.91 Å². The van der Waals surface area contributed by atoms with Crippen LogP contribution in [0.1, 0.15) is 41.8 Å². The van der Waals surface area contributed by atoms with Crippen LogP contribution in [0.5, 0.6) is 5.75 Å². The molecule has 0 heterocycles. The van der Waals surface area contributed by atoms with Gasteiger partial charge < -0.3 is 15.4 Å². The Morgan fingerprint density at radius 2 is 1.65 bits per heavy atom. The van der Waals surface area contributed by atoms with Crippen molar-refractivity contribution in [3.05, 3.63) is 65.2 Å². The fourth-order valence-electron chi connectivity index (χ4n) is 2.58. The van der Waals surface area contributed by atoms with Crippen molar-refractivity contribution in [3.8, 4) is 5.75 Å². The summed E-state index contributed by atoms with van der Waals surface area (Å²) in [6.45, 7) is 7.04. The third kappa shape index (κ3) is 6.89. The molecule has 0 aliphatic carbocycles. The summed E-state index contributed by atoms with van der Waals surface area (Å²) in [5, 5.41) is 6.09. The van der Waals surface area contributed by atoms with Crippen LogP contribution < -0.4 is 15.4 Å².